The van der Waals surface area contributed by atoms with Crippen LogP contribution in [0.1, 0.15) is 69.6 Å². The first-order valence-electron chi connectivity index (χ1n) is 18.9. The van der Waals surface area contributed by atoms with E-state index in [-0.39, 0.29) is 54.2 Å². The number of nitrogens with two attached hydrogens (primary N) is 1. The smallest absolute Gasteiger partial charge is 0.418 e. The number of likely N-dealkylation sites (tertiary alicyclic amines) is 2. The van der Waals surface area contributed by atoms with Crippen molar-refractivity contribution >= 4 is 47.0 Å². The van der Waals surface area contributed by atoms with Gasteiger partial charge in [0.2, 0.25) is 0 Å². The molecule has 0 unspecified atom stereocenters. The average Bonchev–Trinajstić information content (AvgIpc) is 3.32. The number of benzene rings is 2. The van der Waals surface area contributed by atoms with E-state index in [0.29, 0.717) is 71.3 Å². The molecule has 2 aromatic carbocycles. The van der Waals surface area contributed by atoms with Gasteiger partial charge in [-0.15, -0.1) is 0 Å². The number of para-hydroxylation sites is 1. The fraction of sp³-hybridized carbons (Fsp3) is 0.590. The predicted molar refractivity (Wildman–Crippen MR) is 203 cm³/mol. The summed E-state index contributed by atoms with van der Waals surface area (Å²) in [6, 6.07) is 9.54. The van der Waals surface area contributed by atoms with E-state index in [9.17, 15) is 32.3 Å². The minimum absolute atomic E-state index is 0.0448. The van der Waals surface area contributed by atoms with Crippen molar-refractivity contribution in [2.45, 2.75) is 90.1 Å². The van der Waals surface area contributed by atoms with Gasteiger partial charge in [0, 0.05) is 56.9 Å². The van der Waals surface area contributed by atoms with E-state index in [0.717, 1.165) is 17.3 Å². The second-order valence-electron chi connectivity index (χ2n) is 15.3. The zero-order chi connectivity index (χ0) is 40.1. The van der Waals surface area contributed by atoms with Crippen LogP contribution in [0.25, 0.3) is 0 Å². The summed E-state index contributed by atoms with van der Waals surface area (Å²) in [7, 11) is 1.97. The van der Waals surface area contributed by atoms with E-state index in [2.05, 4.69) is 10.2 Å². The van der Waals surface area contributed by atoms with Gasteiger partial charge in [0.25, 0.3) is 5.91 Å². The first-order valence-corrected chi connectivity index (χ1v) is 19.3. The van der Waals surface area contributed by atoms with E-state index >= 15 is 0 Å². The number of carbonyl (C=O) groups excluding carboxylic acids is 4. The molecule has 2 fully saturated rings. The Balaban J connectivity index is 1.24. The zero-order valence-electron chi connectivity index (χ0n) is 31.9. The molecular formula is C39H52ClF3N6O6. The predicted octanol–water partition coefficient (Wildman–Crippen LogP) is 6.45. The van der Waals surface area contributed by atoms with Crippen molar-refractivity contribution in [1.29, 1.82) is 0 Å². The largest absolute Gasteiger partial charge is 0.466 e. The average molecular weight is 793 g/mol. The molecule has 0 spiro atoms. The third-order valence-electron chi connectivity index (χ3n) is 11.1. The minimum Gasteiger partial charge on any atom is -0.466 e. The molecule has 0 saturated carbocycles. The highest BCUT2D eigenvalue weighted by atomic mass is 35.5. The van der Waals surface area contributed by atoms with Crippen molar-refractivity contribution in [1.82, 2.24) is 19.6 Å². The Bertz CT molecular complexity index is 1710. The van der Waals surface area contributed by atoms with Crippen LogP contribution in [0.3, 0.4) is 0 Å². The molecule has 2 saturated heterocycles. The van der Waals surface area contributed by atoms with Crippen LogP contribution in [0.15, 0.2) is 36.4 Å². The number of nitrogens with one attached hydrogen (secondary N) is 1. The molecule has 55 heavy (non-hydrogen) atoms. The number of urea groups is 1. The first kappa shape index (κ1) is 41.9. The van der Waals surface area contributed by atoms with Crippen LogP contribution in [0, 0.1) is 5.41 Å². The van der Waals surface area contributed by atoms with E-state index in [4.69, 9.17) is 26.8 Å². The lowest BCUT2D eigenvalue weighted by Gasteiger charge is -2.39. The minimum atomic E-state index is -4.79. The van der Waals surface area contributed by atoms with Crippen LogP contribution >= 0.6 is 11.6 Å². The number of rotatable bonds is 11. The van der Waals surface area contributed by atoms with Crippen LogP contribution in [-0.2, 0) is 38.1 Å². The lowest BCUT2D eigenvalue weighted by Crippen LogP contribution is -2.52. The fourth-order valence-corrected chi connectivity index (χ4v) is 7.75. The SMILES string of the molecule is CCOC(=O)C(C)(C)CCN(C)C1CCN(C(=O)[C@@H](Cc2cc(Cl)c(N)c(C(F)(F)F)c2)OC(=O)N2CCC(N3CCc4ccccc4NC3=O)CC2)CC1. The molecule has 12 nitrogen and oxygen atoms in total. The normalized spacial score (nSPS) is 18.1. The van der Waals surface area contributed by atoms with E-state index < -0.39 is 40.9 Å². The van der Waals surface area contributed by atoms with Crippen molar-refractivity contribution < 1.29 is 41.8 Å². The van der Waals surface area contributed by atoms with Gasteiger partial charge in [0.05, 0.1) is 28.3 Å². The van der Waals surface area contributed by atoms with Gasteiger partial charge < -0.3 is 40.1 Å². The van der Waals surface area contributed by atoms with E-state index in [1.54, 1.807) is 16.7 Å². The number of hydrogen-bond acceptors (Lipinski definition) is 8. The van der Waals surface area contributed by atoms with Gasteiger partial charge in [-0.05, 0) is 102 Å². The molecule has 302 valence electrons. The second kappa shape index (κ2) is 17.7. The first-order chi connectivity index (χ1) is 26.0. The van der Waals surface area contributed by atoms with Gasteiger partial charge in [0.1, 0.15) is 0 Å². The lowest BCUT2D eigenvalue weighted by atomic mass is 9.89. The number of anilines is 2. The van der Waals surface area contributed by atoms with Crippen LogP contribution in [0.5, 0.6) is 0 Å². The number of nitrogens with zero attached hydrogens (tertiary/aromatic N) is 4. The van der Waals surface area contributed by atoms with Gasteiger partial charge >= 0.3 is 24.3 Å². The molecule has 0 bridgehead atoms. The fourth-order valence-electron chi connectivity index (χ4n) is 7.51. The van der Waals surface area contributed by atoms with Crippen molar-refractivity contribution in [3.63, 3.8) is 0 Å². The van der Waals surface area contributed by atoms with E-state index in [1.807, 2.05) is 45.2 Å². The standard InChI is InChI=1S/C39H52ClF3N6O6/c1-5-54-35(51)38(2,3)15-21-46(4)27-11-16-47(17-12-27)34(50)32(24-25-22-29(39(41,42)43)33(44)30(40)23-25)55-37(53)48-18-13-28(14-19-48)49-20-10-26-8-6-7-9-31(26)45-36(49)52/h6-9,22-23,27-28,32H,5,10-21,24,44H2,1-4H3,(H,45,52)/t32-/m1/s1. The Kier molecular flexibility index (Phi) is 13.5. The Morgan fingerprint density at radius 3 is 2.33 bits per heavy atom. The molecule has 0 aliphatic carbocycles. The number of fused-ring (bicyclic) bond motifs is 1. The van der Waals surface area contributed by atoms with Crippen molar-refractivity contribution in [3.8, 4) is 0 Å². The Morgan fingerprint density at radius 1 is 1.02 bits per heavy atom. The Hall–Kier alpha value is -4.24. The van der Waals surface area contributed by atoms with Crippen LogP contribution < -0.4 is 11.1 Å². The molecule has 0 aromatic heterocycles. The summed E-state index contributed by atoms with van der Waals surface area (Å²) in [6.45, 7) is 8.14. The van der Waals surface area contributed by atoms with Crippen molar-refractivity contribution in [3.05, 3.63) is 58.1 Å². The molecule has 0 radical (unpaired) electrons. The van der Waals surface area contributed by atoms with Gasteiger partial charge in [-0.2, -0.15) is 13.2 Å². The number of halogens is 4. The number of amides is 4. The third kappa shape index (κ3) is 10.3. The third-order valence-corrected chi connectivity index (χ3v) is 11.4. The summed E-state index contributed by atoms with van der Waals surface area (Å²) in [4.78, 5) is 60.2. The summed E-state index contributed by atoms with van der Waals surface area (Å²) in [5.41, 5.74) is 5.12. The number of esters is 1. The zero-order valence-corrected chi connectivity index (χ0v) is 32.7. The van der Waals surface area contributed by atoms with Crippen molar-refractivity contribution in [2.75, 3.05) is 64.0 Å². The Morgan fingerprint density at radius 2 is 1.67 bits per heavy atom. The van der Waals surface area contributed by atoms with Crippen LogP contribution in [0.4, 0.5) is 34.1 Å². The maximum Gasteiger partial charge on any atom is 0.418 e. The molecular weight excluding hydrogens is 741 g/mol. The lowest BCUT2D eigenvalue weighted by molar-refractivity contribution is -0.154. The molecule has 3 aliphatic rings. The van der Waals surface area contributed by atoms with Gasteiger partial charge in [-0.3, -0.25) is 9.59 Å². The Labute approximate surface area is 325 Å². The molecule has 1 atom stereocenters. The number of nitrogen functional groups attached to an aromatic ring is 1. The van der Waals surface area contributed by atoms with Crippen LogP contribution in [-0.4, -0.2) is 115 Å². The maximum atomic E-state index is 14.1. The summed E-state index contributed by atoms with van der Waals surface area (Å²) in [6.07, 6.45) is -3.88. The summed E-state index contributed by atoms with van der Waals surface area (Å²) in [5.74, 6) is -0.773. The number of ether oxygens (including phenoxy) is 2. The number of hydrogen-bond donors (Lipinski definition) is 2. The number of alkyl halides is 3. The molecule has 16 heteroatoms. The quantitative estimate of drug-likeness (QED) is 0.196. The molecule has 5 rings (SSSR count). The molecule has 2 aromatic rings. The summed E-state index contributed by atoms with van der Waals surface area (Å²) in [5, 5.41) is 2.66. The molecule has 3 aliphatic heterocycles. The van der Waals surface area contributed by atoms with Crippen LogP contribution in [0.2, 0.25) is 5.02 Å². The topological polar surface area (TPSA) is 138 Å². The second-order valence-corrected chi connectivity index (χ2v) is 15.7. The highest BCUT2D eigenvalue weighted by Crippen LogP contribution is 2.38. The van der Waals surface area contributed by atoms with Crippen molar-refractivity contribution in [2.24, 2.45) is 5.41 Å². The maximum absolute atomic E-state index is 14.1. The van der Waals surface area contributed by atoms with Gasteiger partial charge in [-0.25, -0.2) is 9.59 Å². The molecule has 3 heterocycles. The monoisotopic (exact) mass is 792 g/mol. The summed E-state index contributed by atoms with van der Waals surface area (Å²) < 4.78 is 52.7. The molecule has 3 N–H and O–H groups in total. The number of carbonyl (C=O) groups is 4. The van der Waals surface area contributed by atoms with Gasteiger partial charge in [-0.1, -0.05) is 29.8 Å². The van der Waals surface area contributed by atoms with E-state index in [1.165, 1.54) is 11.0 Å². The molecule has 4 amide bonds. The number of piperidine rings is 2. The highest BCUT2D eigenvalue weighted by molar-refractivity contribution is 6.33. The summed E-state index contributed by atoms with van der Waals surface area (Å²) >= 11 is 6.12. The van der Waals surface area contributed by atoms with Gasteiger partial charge in [0.15, 0.2) is 6.10 Å². The highest BCUT2D eigenvalue weighted by Gasteiger charge is 2.38.